The van der Waals surface area contributed by atoms with Gasteiger partial charge < -0.3 is 25.6 Å². The molecule has 0 saturated carbocycles. The first kappa shape index (κ1) is 14.8. The zero-order chi connectivity index (χ0) is 13.7. The standard InChI is InChI=1S/C13H22N2O3/c1-8-11(17-3)6-5-9(13(8)18-4)12(15-2)10(14)7-16/h5-6,10,12,15-16H,7,14H2,1-4H3. The minimum Gasteiger partial charge on any atom is -0.496 e. The third-order valence-corrected chi connectivity index (χ3v) is 3.10. The van der Waals surface area contributed by atoms with Crippen LogP contribution in [0.15, 0.2) is 12.1 Å². The lowest BCUT2D eigenvalue weighted by Crippen LogP contribution is -2.39. The highest BCUT2D eigenvalue weighted by atomic mass is 16.5. The van der Waals surface area contributed by atoms with Crippen molar-refractivity contribution in [2.45, 2.75) is 19.0 Å². The van der Waals surface area contributed by atoms with E-state index in [1.807, 2.05) is 19.1 Å². The van der Waals surface area contributed by atoms with Gasteiger partial charge in [0.15, 0.2) is 0 Å². The fourth-order valence-electron chi connectivity index (χ4n) is 2.14. The van der Waals surface area contributed by atoms with Crippen molar-refractivity contribution >= 4 is 0 Å². The number of likely N-dealkylation sites (N-methyl/N-ethyl adjacent to an activating group) is 1. The fourth-order valence-corrected chi connectivity index (χ4v) is 2.14. The molecule has 102 valence electrons. The van der Waals surface area contributed by atoms with E-state index in [0.29, 0.717) is 0 Å². The van der Waals surface area contributed by atoms with Gasteiger partial charge in [0.25, 0.3) is 0 Å². The highest BCUT2D eigenvalue weighted by molar-refractivity contribution is 5.50. The highest BCUT2D eigenvalue weighted by Crippen LogP contribution is 2.35. The molecule has 1 aromatic carbocycles. The minimum atomic E-state index is -0.392. The molecule has 2 atom stereocenters. The first-order chi connectivity index (χ1) is 8.60. The van der Waals surface area contributed by atoms with Crippen molar-refractivity contribution in [1.82, 2.24) is 5.32 Å². The van der Waals surface area contributed by atoms with Gasteiger partial charge in [-0.1, -0.05) is 0 Å². The van der Waals surface area contributed by atoms with E-state index in [-0.39, 0.29) is 12.6 Å². The zero-order valence-corrected chi connectivity index (χ0v) is 11.4. The van der Waals surface area contributed by atoms with E-state index in [0.717, 1.165) is 22.6 Å². The molecule has 5 heteroatoms. The number of methoxy groups -OCH3 is 2. The maximum Gasteiger partial charge on any atom is 0.130 e. The lowest BCUT2D eigenvalue weighted by atomic mass is 9.97. The van der Waals surface area contributed by atoms with Gasteiger partial charge in [0.2, 0.25) is 0 Å². The Kier molecular flexibility index (Phi) is 5.40. The van der Waals surface area contributed by atoms with E-state index in [9.17, 15) is 5.11 Å². The first-order valence-corrected chi connectivity index (χ1v) is 5.85. The Labute approximate surface area is 108 Å². The number of rotatable bonds is 6. The molecule has 0 saturated heterocycles. The van der Waals surface area contributed by atoms with Gasteiger partial charge in [0.1, 0.15) is 11.5 Å². The van der Waals surface area contributed by atoms with Gasteiger partial charge in [-0.2, -0.15) is 0 Å². The highest BCUT2D eigenvalue weighted by Gasteiger charge is 2.23. The largest absolute Gasteiger partial charge is 0.496 e. The molecule has 5 nitrogen and oxygen atoms in total. The minimum absolute atomic E-state index is 0.0975. The summed E-state index contributed by atoms with van der Waals surface area (Å²) in [5.74, 6) is 1.50. The van der Waals surface area contributed by atoms with Crippen LogP contribution >= 0.6 is 0 Å². The molecular weight excluding hydrogens is 232 g/mol. The quantitative estimate of drug-likeness (QED) is 0.693. The average molecular weight is 254 g/mol. The van der Waals surface area contributed by atoms with Crippen LogP contribution in [0.5, 0.6) is 11.5 Å². The number of hydrogen-bond acceptors (Lipinski definition) is 5. The van der Waals surface area contributed by atoms with Crippen LogP contribution in [0.25, 0.3) is 0 Å². The first-order valence-electron chi connectivity index (χ1n) is 5.85. The molecule has 0 aromatic heterocycles. The summed E-state index contributed by atoms with van der Waals surface area (Å²) in [7, 11) is 5.04. The predicted octanol–water partition coefficient (Wildman–Crippen LogP) is 0.592. The molecular formula is C13H22N2O3. The molecule has 0 aliphatic heterocycles. The summed E-state index contributed by atoms with van der Waals surface area (Å²) in [6.07, 6.45) is 0. The lowest BCUT2D eigenvalue weighted by molar-refractivity contribution is 0.238. The molecule has 18 heavy (non-hydrogen) atoms. The molecule has 2 unspecified atom stereocenters. The Balaban J connectivity index is 3.26. The predicted molar refractivity (Wildman–Crippen MR) is 71.1 cm³/mol. The summed E-state index contributed by atoms with van der Waals surface area (Å²) < 4.78 is 10.7. The SMILES string of the molecule is CNC(c1ccc(OC)c(C)c1OC)C(N)CO. The van der Waals surface area contributed by atoms with Gasteiger partial charge >= 0.3 is 0 Å². The van der Waals surface area contributed by atoms with E-state index in [1.165, 1.54) is 0 Å². The fraction of sp³-hybridized carbons (Fsp3) is 0.538. The van der Waals surface area contributed by atoms with Crippen molar-refractivity contribution in [3.8, 4) is 11.5 Å². The molecule has 0 amide bonds. The van der Waals surface area contributed by atoms with Crippen molar-refractivity contribution in [3.05, 3.63) is 23.3 Å². The van der Waals surface area contributed by atoms with Crippen LogP contribution in [0.1, 0.15) is 17.2 Å². The van der Waals surface area contributed by atoms with Crippen molar-refractivity contribution < 1.29 is 14.6 Å². The third-order valence-electron chi connectivity index (χ3n) is 3.10. The second-order valence-electron chi connectivity index (χ2n) is 4.13. The number of nitrogens with one attached hydrogen (secondary N) is 1. The Morgan fingerprint density at radius 1 is 1.33 bits per heavy atom. The molecule has 0 aliphatic rings. The molecule has 1 rings (SSSR count). The Morgan fingerprint density at radius 2 is 2.00 bits per heavy atom. The van der Waals surface area contributed by atoms with Crippen molar-refractivity contribution in [2.75, 3.05) is 27.9 Å². The van der Waals surface area contributed by atoms with Gasteiger partial charge in [-0.15, -0.1) is 0 Å². The van der Waals surface area contributed by atoms with Gasteiger partial charge in [-0.25, -0.2) is 0 Å². The van der Waals surface area contributed by atoms with Crippen molar-refractivity contribution in [1.29, 1.82) is 0 Å². The molecule has 0 aliphatic carbocycles. The number of benzene rings is 1. The number of nitrogens with two attached hydrogens (primary N) is 1. The summed E-state index contributed by atoms with van der Waals surface area (Å²) in [6.45, 7) is 1.83. The van der Waals surface area contributed by atoms with E-state index in [1.54, 1.807) is 21.3 Å². The molecule has 1 aromatic rings. The topological polar surface area (TPSA) is 76.7 Å². The van der Waals surface area contributed by atoms with Crippen LogP contribution < -0.4 is 20.5 Å². The lowest BCUT2D eigenvalue weighted by Gasteiger charge is -2.25. The average Bonchev–Trinajstić information content (AvgIpc) is 2.39. The molecule has 4 N–H and O–H groups in total. The molecule has 0 radical (unpaired) electrons. The summed E-state index contributed by atoms with van der Waals surface area (Å²) >= 11 is 0. The van der Waals surface area contributed by atoms with Gasteiger partial charge in [0.05, 0.1) is 26.9 Å². The van der Waals surface area contributed by atoms with Crippen molar-refractivity contribution in [3.63, 3.8) is 0 Å². The summed E-state index contributed by atoms with van der Waals surface area (Å²) in [4.78, 5) is 0. The normalized spacial score (nSPS) is 14.1. The van der Waals surface area contributed by atoms with Crippen LogP contribution in [0.2, 0.25) is 0 Å². The Morgan fingerprint density at radius 3 is 2.44 bits per heavy atom. The summed E-state index contributed by atoms with van der Waals surface area (Å²) in [5.41, 5.74) is 7.74. The Hall–Kier alpha value is -1.30. The van der Waals surface area contributed by atoms with Crippen LogP contribution in [-0.2, 0) is 0 Å². The van der Waals surface area contributed by atoms with Crippen molar-refractivity contribution in [2.24, 2.45) is 5.73 Å². The number of aliphatic hydroxyl groups excluding tert-OH is 1. The molecule has 0 fully saturated rings. The summed E-state index contributed by atoms with van der Waals surface area (Å²) in [6, 6.07) is 3.22. The monoisotopic (exact) mass is 254 g/mol. The van der Waals surface area contributed by atoms with Gasteiger partial charge in [0, 0.05) is 17.2 Å². The van der Waals surface area contributed by atoms with E-state index in [2.05, 4.69) is 5.32 Å². The molecule has 0 spiro atoms. The number of aliphatic hydroxyl groups is 1. The maximum absolute atomic E-state index is 9.20. The number of hydrogen-bond donors (Lipinski definition) is 3. The second-order valence-corrected chi connectivity index (χ2v) is 4.13. The van der Waals surface area contributed by atoms with Gasteiger partial charge in [-0.3, -0.25) is 0 Å². The van der Waals surface area contributed by atoms with Gasteiger partial charge in [-0.05, 0) is 26.1 Å². The van der Waals surface area contributed by atoms with Crippen LogP contribution in [0.4, 0.5) is 0 Å². The third kappa shape index (κ3) is 2.75. The van der Waals surface area contributed by atoms with E-state index in [4.69, 9.17) is 15.2 Å². The Bertz CT molecular complexity index is 396. The number of ether oxygens (including phenoxy) is 2. The molecule has 0 heterocycles. The second kappa shape index (κ2) is 6.58. The van der Waals surface area contributed by atoms with E-state index < -0.39 is 6.04 Å². The van der Waals surface area contributed by atoms with Crippen LogP contribution in [0.3, 0.4) is 0 Å². The van der Waals surface area contributed by atoms with Crippen LogP contribution in [0, 0.1) is 6.92 Å². The molecule has 0 bridgehead atoms. The van der Waals surface area contributed by atoms with E-state index >= 15 is 0 Å². The summed E-state index contributed by atoms with van der Waals surface area (Å²) in [5, 5.41) is 12.3. The van der Waals surface area contributed by atoms with Crippen LogP contribution in [-0.4, -0.2) is 39.0 Å². The maximum atomic E-state index is 9.20. The smallest absolute Gasteiger partial charge is 0.130 e. The zero-order valence-electron chi connectivity index (χ0n) is 11.4.